The molecule has 1 aromatic rings. The molecule has 4 heteroatoms. The lowest BCUT2D eigenvalue weighted by Crippen LogP contribution is -2.32. The molecule has 0 radical (unpaired) electrons. The number of rotatable bonds is 2. The Morgan fingerprint density at radius 1 is 1.36 bits per heavy atom. The molecule has 0 aliphatic heterocycles. The third-order valence-electron chi connectivity index (χ3n) is 2.84. The summed E-state index contributed by atoms with van der Waals surface area (Å²) >= 11 is 7.12. The van der Waals surface area contributed by atoms with Crippen molar-refractivity contribution in [3.63, 3.8) is 0 Å². The molecule has 78 valence electrons. The van der Waals surface area contributed by atoms with Crippen molar-refractivity contribution in [1.82, 2.24) is 0 Å². The zero-order chi connectivity index (χ0) is 10.2. The van der Waals surface area contributed by atoms with Crippen LogP contribution in [0, 0.1) is 0 Å². The van der Waals surface area contributed by atoms with Crippen molar-refractivity contribution in [2.24, 2.45) is 0 Å². The maximum atomic E-state index is 10.1. The average Bonchev–Trinajstić information content (AvgIpc) is 2.74. The first kappa shape index (κ1) is 10.4. The first-order valence-electron chi connectivity index (χ1n) is 4.77. The highest BCUT2D eigenvalue weighted by molar-refractivity contribution is 7.16. The normalized spacial score (nSPS) is 22.5. The van der Waals surface area contributed by atoms with Gasteiger partial charge in [0.1, 0.15) is 6.10 Å². The average molecular weight is 233 g/mol. The highest BCUT2D eigenvalue weighted by Gasteiger charge is 2.39. The van der Waals surface area contributed by atoms with Crippen molar-refractivity contribution in [3.8, 4) is 0 Å². The van der Waals surface area contributed by atoms with Gasteiger partial charge >= 0.3 is 0 Å². The Balaban J connectivity index is 2.18. The molecule has 0 bridgehead atoms. The van der Waals surface area contributed by atoms with Gasteiger partial charge in [-0.15, -0.1) is 11.3 Å². The van der Waals surface area contributed by atoms with Crippen molar-refractivity contribution in [3.05, 3.63) is 21.3 Å². The summed E-state index contributed by atoms with van der Waals surface area (Å²) in [5.41, 5.74) is -0.922. The number of aliphatic hydroxyl groups excluding tert-OH is 1. The summed E-state index contributed by atoms with van der Waals surface area (Å²) in [4.78, 5) is 0.763. The Morgan fingerprint density at radius 2 is 2.00 bits per heavy atom. The summed E-state index contributed by atoms with van der Waals surface area (Å²) in [5, 5.41) is 20.1. The van der Waals surface area contributed by atoms with E-state index in [0.717, 1.165) is 17.7 Å². The lowest BCUT2D eigenvalue weighted by atomic mass is 9.94. The number of hydrogen-bond acceptors (Lipinski definition) is 3. The molecule has 1 unspecified atom stereocenters. The highest BCUT2D eigenvalue weighted by Crippen LogP contribution is 2.42. The van der Waals surface area contributed by atoms with E-state index < -0.39 is 11.7 Å². The second-order valence-electron chi connectivity index (χ2n) is 3.86. The second kappa shape index (κ2) is 3.81. The van der Waals surface area contributed by atoms with Crippen molar-refractivity contribution in [2.45, 2.75) is 37.4 Å². The molecule has 0 amide bonds. The maximum Gasteiger partial charge on any atom is 0.117 e. The van der Waals surface area contributed by atoms with Crippen LogP contribution in [0.25, 0.3) is 0 Å². The van der Waals surface area contributed by atoms with Crippen LogP contribution in [0.2, 0.25) is 4.34 Å². The van der Waals surface area contributed by atoms with Crippen molar-refractivity contribution >= 4 is 22.9 Å². The van der Waals surface area contributed by atoms with Crippen molar-refractivity contribution in [2.75, 3.05) is 0 Å². The van der Waals surface area contributed by atoms with Crippen LogP contribution in [0.15, 0.2) is 12.1 Å². The van der Waals surface area contributed by atoms with Crippen LogP contribution in [-0.2, 0) is 0 Å². The third-order valence-corrected chi connectivity index (χ3v) is 4.13. The van der Waals surface area contributed by atoms with Gasteiger partial charge in [-0.3, -0.25) is 0 Å². The summed E-state index contributed by atoms with van der Waals surface area (Å²) in [6.45, 7) is 0. The predicted octanol–water partition coefficient (Wildman–Crippen LogP) is 2.74. The van der Waals surface area contributed by atoms with Crippen LogP contribution < -0.4 is 0 Å². The van der Waals surface area contributed by atoms with Gasteiger partial charge < -0.3 is 10.2 Å². The van der Waals surface area contributed by atoms with Gasteiger partial charge in [-0.1, -0.05) is 24.4 Å². The molecule has 1 saturated carbocycles. The molecule has 1 aliphatic carbocycles. The fourth-order valence-electron chi connectivity index (χ4n) is 2.00. The van der Waals surface area contributed by atoms with E-state index in [1.807, 2.05) is 0 Å². The monoisotopic (exact) mass is 232 g/mol. The van der Waals surface area contributed by atoms with E-state index in [2.05, 4.69) is 0 Å². The van der Waals surface area contributed by atoms with Crippen LogP contribution in [-0.4, -0.2) is 15.8 Å². The zero-order valence-electron chi connectivity index (χ0n) is 7.74. The molecule has 2 nitrogen and oxygen atoms in total. The number of hydrogen-bond donors (Lipinski definition) is 2. The molecule has 2 rings (SSSR count). The summed E-state index contributed by atoms with van der Waals surface area (Å²) in [6.07, 6.45) is 2.58. The topological polar surface area (TPSA) is 40.5 Å². The van der Waals surface area contributed by atoms with Gasteiger partial charge in [0, 0.05) is 4.88 Å². The van der Waals surface area contributed by atoms with E-state index in [-0.39, 0.29) is 0 Å². The number of thiophene rings is 1. The highest BCUT2D eigenvalue weighted by atomic mass is 35.5. The molecule has 0 aromatic carbocycles. The van der Waals surface area contributed by atoms with Gasteiger partial charge in [0.2, 0.25) is 0 Å². The summed E-state index contributed by atoms with van der Waals surface area (Å²) < 4.78 is 0.653. The molecular weight excluding hydrogens is 220 g/mol. The molecule has 1 fully saturated rings. The largest absolute Gasteiger partial charge is 0.387 e. The van der Waals surface area contributed by atoms with Crippen LogP contribution in [0.3, 0.4) is 0 Å². The van der Waals surface area contributed by atoms with E-state index in [9.17, 15) is 10.2 Å². The summed E-state index contributed by atoms with van der Waals surface area (Å²) in [6, 6.07) is 3.54. The van der Waals surface area contributed by atoms with Crippen LogP contribution >= 0.6 is 22.9 Å². The lowest BCUT2D eigenvalue weighted by molar-refractivity contribution is -0.0702. The van der Waals surface area contributed by atoms with Gasteiger partial charge in [-0.2, -0.15) is 0 Å². The smallest absolute Gasteiger partial charge is 0.117 e. The first-order chi connectivity index (χ1) is 6.62. The Labute approximate surface area is 92.1 Å². The second-order valence-corrected chi connectivity index (χ2v) is 5.60. The maximum absolute atomic E-state index is 10.1. The molecule has 1 atom stereocenters. The minimum Gasteiger partial charge on any atom is -0.387 e. The van der Waals surface area contributed by atoms with E-state index in [4.69, 9.17) is 11.6 Å². The zero-order valence-corrected chi connectivity index (χ0v) is 9.31. The van der Waals surface area contributed by atoms with E-state index in [1.165, 1.54) is 11.3 Å². The Morgan fingerprint density at radius 3 is 2.50 bits per heavy atom. The van der Waals surface area contributed by atoms with Crippen LogP contribution in [0.5, 0.6) is 0 Å². The molecule has 0 spiro atoms. The number of halogens is 1. The molecule has 1 aromatic heterocycles. The van der Waals surface area contributed by atoms with Crippen LogP contribution in [0.1, 0.15) is 36.7 Å². The first-order valence-corrected chi connectivity index (χ1v) is 5.97. The number of aliphatic hydroxyl groups is 2. The van der Waals surface area contributed by atoms with E-state index >= 15 is 0 Å². The molecule has 14 heavy (non-hydrogen) atoms. The minimum absolute atomic E-state index is 0.653. The fraction of sp³-hybridized carbons (Fsp3) is 0.600. The quantitative estimate of drug-likeness (QED) is 0.823. The van der Waals surface area contributed by atoms with Crippen molar-refractivity contribution in [1.29, 1.82) is 0 Å². The minimum atomic E-state index is -0.922. The summed E-state index contributed by atoms with van der Waals surface area (Å²) in [7, 11) is 0. The Hall–Kier alpha value is -0.0900. The van der Waals surface area contributed by atoms with Gasteiger partial charge in [0.05, 0.1) is 9.94 Å². The Bertz CT molecular complexity index is 318. The third kappa shape index (κ3) is 1.82. The van der Waals surface area contributed by atoms with Gasteiger partial charge in [-0.25, -0.2) is 0 Å². The Kier molecular flexibility index (Phi) is 2.84. The standard InChI is InChI=1S/C10H13ClO2S/c11-8-4-3-7(14-8)9(12)10(13)5-1-2-6-10/h3-4,9,12-13H,1-2,5-6H2. The lowest BCUT2D eigenvalue weighted by Gasteiger charge is -2.27. The molecule has 0 saturated heterocycles. The van der Waals surface area contributed by atoms with Crippen molar-refractivity contribution < 1.29 is 10.2 Å². The SMILES string of the molecule is OC(c1ccc(Cl)s1)C1(O)CCCC1. The molecule has 2 N–H and O–H groups in total. The molecule has 1 aliphatic rings. The van der Waals surface area contributed by atoms with Gasteiger partial charge in [-0.05, 0) is 25.0 Å². The van der Waals surface area contributed by atoms with Gasteiger partial charge in [0.15, 0.2) is 0 Å². The molecule has 1 heterocycles. The summed E-state index contributed by atoms with van der Waals surface area (Å²) in [5.74, 6) is 0. The fourth-order valence-corrected chi connectivity index (χ4v) is 3.16. The molecular formula is C10H13ClO2S. The van der Waals surface area contributed by atoms with Crippen LogP contribution in [0.4, 0.5) is 0 Å². The van der Waals surface area contributed by atoms with Gasteiger partial charge in [0.25, 0.3) is 0 Å². The van der Waals surface area contributed by atoms with E-state index in [0.29, 0.717) is 17.2 Å². The van der Waals surface area contributed by atoms with E-state index in [1.54, 1.807) is 12.1 Å². The predicted molar refractivity (Wildman–Crippen MR) is 57.7 cm³/mol.